The molecule has 0 radical (unpaired) electrons. The Balaban J connectivity index is 1.53. The number of halogens is 1. The maximum atomic E-state index is 14.2. The third-order valence-corrected chi connectivity index (χ3v) is 6.97. The molecule has 1 fully saturated rings. The molecule has 0 aliphatic heterocycles. The van der Waals surface area contributed by atoms with Gasteiger partial charge in [0.1, 0.15) is 24.0 Å². The summed E-state index contributed by atoms with van der Waals surface area (Å²) in [5.74, 6) is -0.000353. The zero-order chi connectivity index (χ0) is 22.7. The first-order valence-electron chi connectivity index (χ1n) is 10.7. The van der Waals surface area contributed by atoms with Gasteiger partial charge in [-0.3, -0.25) is 9.36 Å². The third kappa shape index (κ3) is 4.28. The molecule has 4 rings (SSSR count). The Morgan fingerprint density at radius 2 is 2.03 bits per heavy atom. The van der Waals surface area contributed by atoms with Crippen molar-refractivity contribution in [1.82, 2.24) is 19.3 Å². The van der Waals surface area contributed by atoms with E-state index in [4.69, 9.17) is 0 Å². The normalized spacial score (nSPS) is 14.3. The molecule has 1 aliphatic carbocycles. The van der Waals surface area contributed by atoms with Crippen molar-refractivity contribution in [3.63, 3.8) is 0 Å². The van der Waals surface area contributed by atoms with Crippen LogP contribution < -0.4 is 5.32 Å². The second kappa shape index (κ2) is 9.57. The molecular weight excluding hydrogens is 427 g/mol. The fraction of sp³-hybridized carbons (Fsp3) is 0.391. The summed E-state index contributed by atoms with van der Waals surface area (Å²) < 4.78 is 17.8. The van der Waals surface area contributed by atoms with Crippen molar-refractivity contribution in [2.45, 2.75) is 57.1 Å². The summed E-state index contributed by atoms with van der Waals surface area (Å²) in [7, 11) is 0. The highest BCUT2D eigenvalue weighted by atomic mass is 32.2. The van der Waals surface area contributed by atoms with Gasteiger partial charge in [-0.15, -0.1) is 10.2 Å². The summed E-state index contributed by atoms with van der Waals surface area (Å²) in [6.45, 7) is 3.93. The summed E-state index contributed by atoms with van der Waals surface area (Å²) in [6, 6.07) is 8.89. The first-order valence-corrected chi connectivity index (χ1v) is 11.7. The van der Waals surface area contributed by atoms with Crippen molar-refractivity contribution in [2.24, 2.45) is 0 Å². The van der Waals surface area contributed by atoms with Crippen molar-refractivity contribution < 1.29 is 9.18 Å². The van der Waals surface area contributed by atoms with Gasteiger partial charge < -0.3 is 9.88 Å². The van der Waals surface area contributed by atoms with Crippen LogP contribution >= 0.6 is 11.8 Å². The van der Waals surface area contributed by atoms with Crippen molar-refractivity contribution in [3.05, 3.63) is 53.2 Å². The lowest BCUT2D eigenvalue weighted by atomic mass is 9.95. The first-order chi connectivity index (χ1) is 15.5. The Labute approximate surface area is 190 Å². The lowest BCUT2D eigenvalue weighted by molar-refractivity contribution is -0.113. The molecule has 1 aromatic carbocycles. The monoisotopic (exact) mass is 452 g/mol. The van der Waals surface area contributed by atoms with Crippen LogP contribution in [0.5, 0.6) is 0 Å². The fourth-order valence-corrected chi connectivity index (χ4v) is 5.04. The predicted octanol–water partition coefficient (Wildman–Crippen LogP) is 4.93. The van der Waals surface area contributed by atoms with Crippen LogP contribution in [0.3, 0.4) is 0 Å². The quantitative estimate of drug-likeness (QED) is 0.536. The van der Waals surface area contributed by atoms with Crippen molar-refractivity contribution in [1.29, 1.82) is 5.26 Å². The van der Waals surface area contributed by atoms with E-state index in [-0.39, 0.29) is 17.7 Å². The van der Waals surface area contributed by atoms with Gasteiger partial charge in [-0.1, -0.05) is 43.2 Å². The number of nitrogens with zero attached hydrogens (tertiary/aromatic N) is 5. The molecule has 7 nitrogen and oxygen atoms in total. The number of hydrogen-bond acceptors (Lipinski definition) is 5. The van der Waals surface area contributed by atoms with E-state index in [1.165, 1.54) is 35.1 Å². The summed E-state index contributed by atoms with van der Waals surface area (Å²) in [4.78, 5) is 12.9. The maximum absolute atomic E-state index is 14.2. The van der Waals surface area contributed by atoms with E-state index in [2.05, 4.69) is 26.2 Å². The van der Waals surface area contributed by atoms with Gasteiger partial charge in [0, 0.05) is 11.7 Å². The molecule has 1 N–H and O–H groups in total. The van der Waals surface area contributed by atoms with E-state index in [1.54, 1.807) is 18.2 Å². The van der Waals surface area contributed by atoms with E-state index in [1.807, 2.05) is 13.8 Å². The molecule has 0 unspecified atom stereocenters. The summed E-state index contributed by atoms with van der Waals surface area (Å²) >= 11 is 1.17. The van der Waals surface area contributed by atoms with Crippen LogP contribution in [-0.2, 0) is 4.79 Å². The topological polar surface area (TPSA) is 88.5 Å². The summed E-state index contributed by atoms with van der Waals surface area (Å²) in [5.41, 5.74) is 2.77. The van der Waals surface area contributed by atoms with Crippen molar-refractivity contribution in [2.75, 3.05) is 11.1 Å². The number of thioether (sulfide) groups is 1. The largest absolute Gasteiger partial charge is 0.327 e. The van der Waals surface area contributed by atoms with Gasteiger partial charge in [0.2, 0.25) is 5.91 Å². The molecular formula is C23H25FN6OS. The number of carbonyl (C=O) groups excluding carboxylic acids is 1. The molecule has 3 aromatic rings. The zero-order valence-electron chi connectivity index (χ0n) is 18.1. The van der Waals surface area contributed by atoms with Gasteiger partial charge in [0.25, 0.3) is 0 Å². The average Bonchev–Trinajstić information content (AvgIpc) is 3.36. The second-order valence-corrected chi connectivity index (χ2v) is 8.92. The van der Waals surface area contributed by atoms with E-state index < -0.39 is 5.82 Å². The number of anilines is 1. The number of para-hydroxylation sites is 1. The van der Waals surface area contributed by atoms with Crippen LogP contribution in [0.4, 0.5) is 10.2 Å². The Bertz CT molecular complexity index is 1170. The molecule has 1 saturated carbocycles. The maximum Gasteiger partial charge on any atom is 0.235 e. The third-order valence-electron chi connectivity index (χ3n) is 6.03. The minimum absolute atomic E-state index is 0.0615. The van der Waals surface area contributed by atoms with Gasteiger partial charge in [0.05, 0.1) is 17.0 Å². The van der Waals surface area contributed by atoms with E-state index in [0.717, 1.165) is 36.9 Å². The van der Waals surface area contributed by atoms with Crippen molar-refractivity contribution >= 4 is 23.5 Å². The van der Waals surface area contributed by atoms with Gasteiger partial charge in [-0.2, -0.15) is 5.26 Å². The summed E-state index contributed by atoms with van der Waals surface area (Å²) in [6.07, 6.45) is 7.04. The lowest BCUT2D eigenvalue weighted by Gasteiger charge is -2.27. The molecule has 9 heteroatoms. The highest BCUT2D eigenvalue weighted by Gasteiger charge is 2.26. The molecule has 0 saturated heterocycles. The molecule has 166 valence electrons. The Kier molecular flexibility index (Phi) is 6.61. The van der Waals surface area contributed by atoms with Crippen LogP contribution in [-0.4, -0.2) is 31.0 Å². The van der Waals surface area contributed by atoms with Gasteiger partial charge in [-0.05, 0) is 44.4 Å². The highest BCUT2D eigenvalue weighted by molar-refractivity contribution is 7.99. The van der Waals surface area contributed by atoms with Crippen molar-refractivity contribution in [3.8, 4) is 11.8 Å². The molecule has 0 bridgehead atoms. The number of aromatic nitrogens is 4. The van der Waals surface area contributed by atoms with E-state index >= 15 is 0 Å². The number of rotatable bonds is 6. The average molecular weight is 453 g/mol. The molecule has 0 atom stereocenters. The summed E-state index contributed by atoms with van der Waals surface area (Å²) in [5, 5.41) is 21.0. The number of hydrogen-bond donors (Lipinski definition) is 1. The predicted molar refractivity (Wildman–Crippen MR) is 121 cm³/mol. The molecule has 0 spiro atoms. The molecule has 32 heavy (non-hydrogen) atoms. The molecule has 1 aliphatic rings. The van der Waals surface area contributed by atoms with Gasteiger partial charge >= 0.3 is 0 Å². The second-order valence-electron chi connectivity index (χ2n) is 7.98. The molecule has 1 amide bonds. The first kappa shape index (κ1) is 22.1. The minimum atomic E-state index is -0.395. The molecule has 2 aromatic heterocycles. The van der Waals surface area contributed by atoms with Gasteiger partial charge in [0.15, 0.2) is 5.16 Å². The van der Waals surface area contributed by atoms with Crippen LogP contribution in [0, 0.1) is 31.0 Å². The number of nitriles is 1. The Hall–Kier alpha value is -3.12. The highest BCUT2D eigenvalue weighted by Crippen LogP contribution is 2.37. The van der Waals surface area contributed by atoms with E-state index in [9.17, 15) is 14.4 Å². The van der Waals surface area contributed by atoms with Crippen LogP contribution in [0.15, 0.2) is 35.7 Å². The smallest absolute Gasteiger partial charge is 0.235 e. The number of carbonyl (C=O) groups is 1. The molecule has 2 heterocycles. The van der Waals surface area contributed by atoms with Crippen LogP contribution in [0.2, 0.25) is 0 Å². The number of benzene rings is 1. The minimum Gasteiger partial charge on any atom is -0.327 e. The Morgan fingerprint density at radius 3 is 2.75 bits per heavy atom. The standard InChI is InChI=1S/C23H25FN6OS/c1-15-16(2)30(17-8-4-3-5-9-17)22(18(15)12-25)27-21(31)13-32-23-28-26-14-29(23)20-11-7-6-10-19(20)24/h6-7,10-11,14,17H,3-5,8-9,13H2,1-2H3,(H,27,31). The van der Waals surface area contributed by atoms with Crippen LogP contribution in [0.1, 0.15) is 55.0 Å². The number of amides is 1. The van der Waals surface area contributed by atoms with Gasteiger partial charge in [-0.25, -0.2) is 4.39 Å². The SMILES string of the molecule is Cc1c(C#N)c(NC(=O)CSc2nncn2-c2ccccc2F)n(C2CCCCC2)c1C. The van der Waals surface area contributed by atoms with Crippen LogP contribution in [0.25, 0.3) is 5.69 Å². The Morgan fingerprint density at radius 1 is 1.28 bits per heavy atom. The lowest BCUT2D eigenvalue weighted by Crippen LogP contribution is -2.22. The fourth-order valence-electron chi connectivity index (χ4n) is 4.32. The van der Waals surface area contributed by atoms with E-state index in [0.29, 0.717) is 22.2 Å². The zero-order valence-corrected chi connectivity index (χ0v) is 19.0. The number of nitrogens with one attached hydrogen (secondary N) is 1.